The summed E-state index contributed by atoms with van der Waals surface area (Å²) in [5.41, 5.74) is -10.0. The fourth-order valence-electron chi connectivity index (χ4n) is 2.29. The Hall–Kier alpha value is -2.18. The molecule has 1 N–H and O–H groups in total. The van der Waals surface area contributed by atoms with Crippen LogP contribution in [-0.4, -0.2) is 105 Å². The molecule has 0 atom stereocenters. The molecule has 0 aromatic carbocycles. The first-order valence-electron chi connectivity index (χ1n) is 11.0. The molecule has 0 saturated heterocycles. The van der Waals surface area contributed by atoms with Gasteiger partial charge in [-0.3, -0.25) is 0 Å². The summed E-state index contributed by atoms with van der Waals surface area (Å²) in [6.45, 7) is 1.93. The van der Waals surface area contributed by atoms with Gasteiger partial charge < -0.3 is 18.4 Å². The number of aliphatic hydroxyl groups excluding tert-OH is 1. The van der Waals surface area contributed by atoms with Crippen molar-refractivity contribution in [3.63, 3.8) is 0 Å². The first kappa shape index (κ1) is 52.9. The van der Waals surface area contributed by atoms with Crippen molar-refractivity contribution in [1.82, 2.24) is 0 Å². The van der Waals surface area contributed by atoms with Gasteiger partial charge in [0.25, 0.3) is 0 Å². The highest BCUT2D eigenvalue weighted by atomic mass is 28.4. The van der Waals surface area contributed by atoms with E-state index in [2.05, 4.69) is 0 Å². The summed E-state index contributed by atoms with van der Waals surface area (Å²) in [5, 5.41) is 7.57. The van der Waals surface area contributed by atoms with Crippen molar-refractivity contribution in [2.24, 2.45) is 0 Å². The number of hydrogen-bond acceptors (Lipinski definition) is 4. The van der Waals surface area contributed by atoms with Crippen LogP contribution in [0.1, 0.15) is 6.92 Å². The average molecular weight is 898 g/mol. The smallest absolute Gasteiger partial charge is 0.397 e. The minimum Gasteiger partial charge on any atom is -0.397 e. The van der Waals surface area contributed by atoms with E-state index in [1.54, 1.807) is 6.92 Å². The Morgan fingerprint density at radius 3 is 0.660 bits per heavy atom. The van der Waals surface area contributed by atoms with E-state index >= 15 is 0 Å². The second-order valence-corrected chi connectivity index (χ2v) is 11.1. The summed E-state index contributed by atoms with van der Waals surface area (Å²) in [7, 11) is -11.8. The number of aliphatic hydroxyl groups is 1. The number of hydrogen-bond donors (Lipinski definition) is 1. The van der Waals surface area contributed by atoms with Crippen LogP contribution >= 0.6 is 0 Å². The zero-order chi connectivity index (χ0) is 44.3. The van der Waals surface area contributed by atoms with E-state index in [4.69, 9.17) is 5.11 Å². The molecule has 0 rings (SSSR count). The number of halogens is 32. The van der Waals surface area contributed by atoms with Crippen LogP contribution in [0, 0.1) is 0 Å². The third-order valence-corrected chi connectivity index (χ3v) is 7.54. The quantitative estimate of drug-likeness (QED) is 0.148. The molecule has 0 aromatic rings. The third-order valence-electron chi connectivity index (χ3n) is 4.88. The zero-order valence-electron chi connectivity index (χ0n) is 23.0. The fourth-order valence-corrected chi connectivity index (χ4v) is 4.70. The van der Waals surface area contributed by atoms with E-state index in [9.17, 15) is 140 Å². The standard InChI is InChI=1S/C14F32O3Si.C2H6O/c15-1(16,3(19,20)5(23,24)7(27,28)29)2(17,18)4(21,22)6(25,26)14(45,46)50(47-11(39,40)8(30,31)32,48-12(41,42)9(33,34)35)49-13(43,44)10(36,37)38;1-2-3/h;3H,2H2,1H3. The van der Waals surface area contributed by atoms with E-state index in [0.29, 0.717) is 0 Å². The molecule has 0 aliphatic heterocycles. The van der Waals surface area contributed by atoms with Crippen molar-refractivity contribution in [3.8, 4) is 0 Å². The molecule has 0 bridgehead atoms. The van der Waals surface area contributed by atoms with E-state index in [1.165, 1.54) is 0 Å². The Labute approximate surface area is 266 Å². The van der Waals surface area contributed by atoms with Gasteiger partial charge in [-0.2, -0.15) is 140 Å². The molecular weight excluding hydrogens is 892 g/mol. The second-order valence-electron chi connectivity index (χ2n) is 8.74. The van der Waals surface area contributed by atoms with Crippen molar-refractivity contribution < 1.29 is 159 Å². The topological polar surface area (TPSA) is 47.9 Å². The normalized spacial score (nSPS) is 16.4. The van der Waals surface area contributed by atoms with Gasteiger partial charge in [-0.15, -0.1) is 0 Å². The summed E-state index contributed by atoms with van der Waals surface area (Å²) in [6.07, 6.45) is -59.6. The lowest BCUT2D eigenvalue weighted by Gasteiger charge is -2.46. The van der Waals surface area contributed by atoms with E-state index in [0.717, 1.165) is 13.3 Å². The van der Waals surface area contributed by atoms with E-state index in [-0.39, 0.29) is 6.61 Å². The molecule has 0 fully saturated rings. The second kappa shape index (κ2) is 14.1. The monoisotopic (exact) mass is 898 g/mol. The maximum atomic E-state index is 14.7. The molecule has 0 radical (unpaired) electrons. The summed E-state index contributed by atoms with van der Waals surface area (Å²) < 4.78 is 425. The van der Waals surface area contributed by atoms with Crippen LogP contribution < -0.4 is 0 Å². The fraction of sp³-hybridized carbons (Fsp3) is 1.00. The number of alkyl halides is 32. The Kier molecular flexibility index (Phi) is 14.1. The van der Waals surface area contributed by atoms with Gasteiger partial charge in [0.15, 0.2) is 0 Å². The predicted molar refractivity (Wildman–Crippen MR) is 95.5 cm³/mol. The summed E-state index contributed by atoms with van der Waals surface area (Å²) in [5.74, 6) is -58.5. The van der Waals surface area contributed by atoms with Gasteiger partial charge >= 0.3 is 92.9 Å². The van der Waals surface area contributed by atoms with Crippen molar-refractivity contribution in [2.75, 3.05) is 6.61 Å². The molecular formula is C16H6F32O4Si. The van der Waals surface area contributed by atoms with Crippen molar-refractivity contribution in [3.05, 3.63) is 0 Å². The van der Waals surface area contributed by atoms with Crippen LogP contribution in [0.3, 0.4) is 0 Å². The maximum Gasteiger partial charge on any atom is 0.595 e. The molecule has 0 amide bonds. The van der Waals surface area contributed by atoms with Gasteiger partial charge in [0.05, 0.1) is 0 Å². The molecule has 0 aromatic heterocycles. The first-order chi connectivity index (χ1) is 22.3. The molecule has 53 heavy (non-hydrogen) atoms. The molecule has 0 aliphatic rings. The van der Waals surface area contributed by atoms with Crippen molar-refractivity contribution in [1.29, 1.82) is 0 Å². The van der Waals surface area contributed by atoms with E-state index < -0.39 is 92.9 Å². The van der Waals surface area contributed by atoms with Gasteiger partial charge in [0.2, 0.25) is 0 Å². The molecule has 0 unspecified atom stereocenters. The highest BCUT2D eigenvalue weighted by molar-refractivity contribution is 6.64. The molecule has 322 valence electrons. The largest absolute Gasteiger partial charge is 0.595 e. The predicted octanol–water partition coefficient (Wildman–Crippen LogP) is 9.99. The van der Waals surface area contributed by atoms with Gasteiger partial charge in [-0.1, -0.05) is 0 Å². The van der Waals surface area contributed by atoms with Crippen molar-refractivity contribution >= 4 is 8.80 Å². The van der Waals surface area contributed by atoms with Gasteiger partial charge in [0, 0.05) is 6.61 Å². The molecule has 0 aliphatic carbocycles. The number of rotatable bonds is 13. The highest BCUT2D eigenvalue weighted by Crippen LogP contribution is 2.66. The lowest BCUT2D eigenvalue weighted by Crippen LogP contribution is -2.81. The van der Waals surface area contributed by atoms with Gasteiger partial charge in [-0.05, 0) is 6.92 Å². The average Bonchev–Trinajstić information content (AvgIpc) is 2.84. The van der Waals surface area contributed by atoms with E-state index in [1.807, 2.05) is 0 Å². The molecule has 4 nitrogen and oxygen atoms in total. The summed E-state index contributed by atoms with van der Waals surface area (Å²) in [4.78, 5) is 0. The Balaban J connectivity index is 0. The van der Waals surface area contributed by atoms with Gasteiger partial charge in [0.1, 0.15) is 0 Å². The van der Waals surface area contributed by atoms with Crippen LogP contribution in [-0.2, 0) is 13.3 Å². The SMILES string of the molecule is CCO.FC(F)(F)C(F)(F)O[Si](OC(F)(F)C(F)(F)F)(OC(F)(F)C(F)(F)F)C(F)(F)C(F)(F)C(F)(F)C(F)(F)C(F)(F)C(F)(F)C(F)(F)C(F)(F)F. The minimum atomic E-state index is -11.8. The Morgan fingerprint density at radius 2 is 0.491 bits per heavy atom. The molecule has 0 spiro atoms. The van der Waals surface area contributed by atoms with Gasteiger partial charge in [-0.25, -0.2) is 0 Å². The third kappa shape index (κ3) is 8.64. The Bertz CT molecular complexity index is 1150. The zero-order valence-corrected chi connectivity index (χ0v) is 24.0. The molecule has 0 heterocycles. The van der Waals surface area contributed by atoms with Crippen LogP contribution in [0.25, 0.3) is 0 Å². The lowest BCUT2D eigenvalue weighted by molar-refractivity contribution is -0.465. The minimum absolute atomic E-state index is 0.250. The van der Waals surface area contributed by atoms with Crippen molar-refractivity contribution in [2.45, 2.75) is 91.0 Å². The Morgan fingerprint density at radius 1 is 0.321 bits per heavy atom. The molecule has 37 heteroatoms. The lowest BCUT2D eigenvalue weighted by atomic mass is 9.91. The maximum absolute atomic E-state index is 14.7. The van der Waals surface area contributed by atoms with Crippen LogP contribution in [0.2, 0.25) is 0 Å². The van der Waals surface area contributed by atoms with Crippen LogP contribution in [0.4, 0.5) is 140 Å². The first-order valence-corrected chi connectivity index (χ1v) is 12.8. The van der Waals surface area contributed by atoms with Crippen LogP contribution in [0.5, 0.6) is 0 Å². The summed E-state index contributed by atoms with van der Waals surface area (Å²) in [6, 6.07) is 0. The van der Waals surface area contributed by atoms with Crippen LogP contribution in [0.15, 0.2) is 0 Å². The summed E-state index contributed by atoms with van der Waals surface area (Å²) >= 11 is 0. The highest BCUT2D eigenvalue weighted by Gasteiger charge is 2.99. The molecule has 0 saturated carbocycles.